The van der Waals surface area contributed by atoms with Crippen LogP contribution < -0.4 is 9.47 Å². The number of ether oxygens (including phenoxy) is 2. The van der Waals surface area contributed by atoms with Gasteiger partial charge in [0.1, 0.15) is 17.6 Å². The first-order valence-corrected chi connectivity index (χ1v) is 10.4. The molecule has 1 fully saturated rings. The minimum absolute atomic E-state index is 0.0235. The average molecular weight is 415 g/mol. The minimum atomic E-state index is 0.0235. The van der Waals surface area contributed by atoms with Gasteiger partial charge in [0.05, 0.1) is 7.11 Å². The third-order valence-corrected chi connectivity index (χ3v) is 5.77. The van der Waals surface area contributed by atoms with Crippen LogP contribution in [0.1, 0.15) is 29.9 Å². The smallest absolute Gasteiger partial charge is 0.246 e. The van der Waals surface area contributed by atoms with Crippen LogP contribution in [0.3, 0.4) is 0 Å². The molecule has 1 aromatic heterocycles. The summed E-state index contributed by atoms with van der Waals surface area (Å²) in [4.78, 5) is 17.9. The van der Waals surface area contributed by atoms with Gasteiger partial charge in [-0.25, -0.2) is 0 Å². The Kier molecular flexibility index (Phi) is 6.23. The predicted molar refractivity (Wildman–Crippen MR) is 120 cm³/mol. The van der Waals surface area contributed by atoms with Crippen molar-refractivity contribution in [3.63, 3.8) is 0 Å². The van der Waals surface area contributed by atoms with E-state index in [1.807, 2.05) is 41.3 Å². The number of carbonyl (C=O) groups excluding carboxylic acids is 1. The summed E-state index contributed by atoms with van der Waals surface area (Å²) in [6.45, 7) is 1.51. The molecule has 0 unspecified atom stereocenters. The SMILES string of the molecule is COc1ccc2[nH]cc(C3CCN(C(=O)/C=C/c4ccc(OCC#N)cc4)CC3)c2c1. The number of fused-ring (bicyclic) bond motifs is 1. The first-order valence-electron chi connectivity index (χ1n) is 10.4. The zero-order chi connectivity index (χ0) is 21.6. The lowest BCUT2D eigenvalue weighted by molar-refractivity contribution is -0.126. The van der Waals surface area contributed by atoms with Gasteiger partial charge in [0.25, 0.3) is 0 Å². The number of nitriles is 1. The van der Waals surface area contributed by atoms with Gasteiger partial charge in [-0.1, -0.05) is 12.1 Å². The number of hydrogen-bond acceptors (Lipinski definition) is 4. The van der Waals surface area contributed by atoms with E-state index in [4.69, 9.17) is 14.7 Å². The third kappa shape index (κ3) is 4.72. The normalized spacial score (nSPS) is 14.6. The molecule has 0 radical (unpaired) electrons. The van der Waals surface area contributed by atoms with Gasteiger partial charge in [-0.2, -0.15) is 5.26 Å². The average Bonchev–Trinajstić information content (AvgIpc) is 3.25. The molecule has 1 aliphatic rings. The predicted octanol–water partition coefficient (Wildman–Crippen LogP) is 4.50. The summed E-state index contributed by atoms with van der Waals surface area (Å²) in [5.74, 6) is 1.96. The third-order valence-electron chi connectivity index (χ3n) is 5.77. The van der Waals surface area contributed by atoms with E-state index in [2.05, 4.69) is 17.2 Å². The quantitative estimate of drug-likeness (QED) is 0.602. The van der Waals surface area contributed by atoms with Crippen LogP contribution in [0.5, 0.6) is 11.5 Å². The highest BCUT2D eigenvalue weighted by molar-refractivity contribution is 5.92. The molecule has 0 atom stereocenters. The number of aromatic nitrogens is 1. The maximum atomic E-state index is 12.6. The molecule has 1 N–H and O–H groups in total. The van der Waals surface area contributed by atoms with Crippen molar-refractivity contribution in [2.75, 3.05) is 26.8 Å². The fraction of sp³-hybridized carbons (Fsp3) is 0.280. The number of methoxy groups -OCH3 is 1. The summed E-state index contributed by atoms with van der Waals surface area (Å²) < 4.78 is 10.6. The molecule has 2 aromatic carbocycles. The Morgan fingerprint density at radius 3 is 2.65 bits per heavy atom. The molecule has 3 aromatic rings. The molecule has 1 aliphatic heterocycles. The first kappa shape index (κ1) is 20.5. The lowest BCUT2D eigenvalue weighted by Crippen LogP contribution is -2.36. The molecule has 31 heavy (non-hydrogen) atoms. The summed E-state index contributed by atoms with van der Waals surface area (Å²) in [5, 5.41) is 9.75. The molecule has 0 aliphatic carbocycles. The highest BCUT2D eigenvalue weighted by Crippen LogP contribution is 2.34. The maximum absolute atomic E-state index is 12.6. The van der Waals surface area contributed by atoms with Crippen molar-refractivity contribution in [3.05, 3.63) is 65.9 Å². The van der Waals surface area contributed by atoms with E-state index in [0.29, 0.717) is 11.7 Å². The standard InChI is InChI=1S/C25H25N3O3/c1-30-21-7-8-24-22(16-21)23(17-27-24)19-10-13-28(14-11-19)25(29)9-4-18-2-5-20(6-3-18)31-15-12-26/h2-9,16-17,19,27H,10-11,13-15H2,1H3/b9-4+. The van der Waals surface area contributed by atoms with Crippen molar-refractivity contribution in [2.24, 2.45) is 0 Å². The molecule has 158 valence electrons. The van der Waals surface area contributed by atoms with Crippen LogP contribution in [0, 0.1) is 11.3 Å². The Morgan fingerprint density at radius 2 is 1.94 bits per heavy atom. The van der Waals surface area contributed by atoms with E-state index in [1.54, 1.807) is 25.3 Å². The monoisotopic (exact) mass is 415 g/mol. The summed E-state index contributed by atoms with van der Waals surface area (Å²) in [7, 11) is 1.68. The summed E-state index contributed by atoms with van der Waals surface area (Å²) >= 11 is 0. The van der Waals surface area contributed by atoms with Crippen LogP contribution in [0.15, 0.2) is 54.7 Å². The van der Waals surface area contributed by atoms with E-state index in [1.165, 1.54) is 10.9 Å². The number of aromatic amines is 1. The molecule has 0 spiro atoms. The molecule has 1 amide bonds. The Hall–Kier alpha value is -3.72. The van der Waals surface area contributed by atoms with Crippen LogP contribution in [-0.4, -0.2) is 42.6 Å². The van der Waals surface area contributed by atoms with Crippen LogP contribution >= 0.6 is 0 Å². The molecule has 1 saturated heterocycles. The summed E-state index contributed by atoms with van der Waals surface area (Å²) in [6, 6.07) is 15.4. The number of likely N-dealkylation sites (tertiary alicyclic amines) is 1. The highest BCUT2D eigenvalue weighted by Gasteiger charge is 2.24. The van der Waals surface area contributed by atoms with Gasteiger partial charge in [-0.15, -0.1) is 0 Å². The number of rotatable bonds is 6. The molecule has 0 bridgehead atoms. The number of H-pyrrole nitrogens is 1. The topological polar surface area (TPSA) is 78.3 Å². The van der Waals surface area contributed by atoms with Gasteiger partial charge >= 0.3 is 0 Å². The lowest BCUT2D eigenvalue weighted by atomic mass is 9.89. The fourth-order valence-corrected chi connectivity index (χ4v) is 4.06. The van der Waals surface area contributed by atoms with Crippen molar-refractivity contribution in [2.45, 2.75) is 18.8 Å². The van der Waals surface area contributed by atoms with Crippen LogP contribution in [-0.2, 0) is 4.79 Å². The van der Waals surface area contributed by atoms with Crippen molar-refractivity contribution in [1.82, 2.24) is 9.88 Å². The van der Waals surface area contributed by atoms with Crippen molar-refractivity contribution in [1.29, 1.82) is 5.26 Å². The van der Waals surface area contributed by atoms with Gasteiger partial charge in [0.2, 0.25) is 5.91 Å². The van der Waals surface area contributed by atoms with Gasteiger partial charge in [0.15, 0.2) is 6.61 Å². The zero-order valence-corrected chi connectivity index (χ0v) is 17.5. The molecular weight excluding hydrogens is 390 g/mol. The molecule has 2 heterocycles. The second-order valence-corrected chi connectivity index (χ2v) is 7.60. The number of hydrogen-bond donors (Lipinski definition) is 1. The van der Waals surface area contributed by atoms with E-state index in [-0.39, 0.29) is 12.5 Å². The first-order chi connectivity index (χ1) is 15.2. The summed E-state index contributed by atoms with van der Waals surface area (Å²) in [5.41, 5.74) is 3.33. The highest BCUT2D eigenvalue weighted by atomic mass is 16.5. The molecular formula is C25H25N3O3. The van der Waals surface area contributed by atoms with Crippen molar-refractivity contribution >= 4 is 22.9 Å². The van der Waals surface area contributed by atoms with Gasteiger partial charge in [-0.05, 0) is 66.3 Å². The van der Waals surface area contributed by atoms with E-state index in [9.17, 15) is 4.79 Å². The van der Waals surface area contributed by atoms with E-state index in [0.717, 1.165) is 42.8 Å². The Labute approximate surface area is 181 Å². The molecule has 4 rings (SSSR count). The molecule has 6 nitrogen and oxygen atoms in total. The fourth-order valence-electron chi connectivity index (χ4n) is 4.06. The summed E-state index contributed by atoms with van der Waals surface area (Å²) in [6.07, 6.45) is 7.41. The second kappa shape index (κ2) is 9.40. The Bertz CT molecular complexity index is 1120. The van der Waals surface area contributed by atoms with Gasteiger partial charge < -0.3 is 19.4 Å². The Morgan fingerprint density at radius 1 is 1.19 bits per heavy atom. The van der Waals surface area contributed by atoms with Crippen molar-refractivity contribution in [3.8, 4) is 17.6 Å². The largest absolute Gasteiger partial charge is 0.497 e. The van der Waals surface area contributed by atoms with Gasteiger partial charge in [0, 0.05) is 36.3 Å². The van der Waals surface area contributed by atoms with E-state index >= 15 is 0 Å². The van der Waals surface area contributed by atoms with Crippen LogP contribution in [0.2, 0.25) is 0 Å². The number of nitrogens with zero attached hydrogens (tertiary/aromatic N) is 2. The lowest BCUT2D eigenvalue weighted by Gasteiger charge is -2.31. The molecule has 0 saturated carbocycles. The molecule has 6 heteroatoms. The maximum Gasteiger partial charge on any atom is 0.246 e. The number of piperidine rings is 1. The van der Waals surface area contributed by atoms with Crippen LogP contribution in [0.25, 0.3) is 17.0 Å². The number of amides is 1. The van der Waals surface area contributed by atoms with E-state index < -0.39 is 0 Å². The second-order valence-electron chi connectivity index (χ2n) is 7.60. The van der Waals surface area contributed by atoms with Gasteiger partial charge in [-0.3, -0.25) is 4.79 Å². The minimum Gasteiger partial charge on any atom is -0.497 e. The number of benzene rings is 2. The zero-order valence-electron chi connectivity index (χ0n) is 17.5. The van der Waals surface area contributed by atoms with Crippen LogP contribution in [0.4, 0.5) is 0 Å². The number of nitrogens with one attached hydrogen (secondary N) is 1. The number of carbonyl (C=O) groups is 1. The Balaban J connectivity index is 1.35. The van der Waals surface area contributed by atoms with Crippen molar-refractivity contribution < 1.29 is 14.3 Å².